The number of ketones is 1. The number of hydrogen-bond acceptors (Lipinski definition) is 4. The zero-order chi connectivity index (χ0) is 20.3. The van der Waals surface area contributed by atoms with E-state index >= 15 is 0 Å². The van der Waals surface area contributed by atoms with Crippen LogP contribution in [0.4, 0.5) is 0 Å². The van der Waals surface area contributed by atoms with Gasteiger partial charge in [-0.05, 0) is 45.1 Å². The predicted octanol–water partition coefficient (Wildman–Crippen LogP) is 3.66. The van der Waals surface area contributed by atoms with Gasteiger partial charge in [-0.2, -0.15) is 0 Å². The largest absolute Gasteiger partial charge is 0.464 e. The van der Waals surface area contributed by atoms with Crippen LogP contribution in [0, 0.1) is 25.7 Å². The van der Waals surface area contributed by atoms with Crippen LogP contribution < -0.4 is 0 Å². The second kappa shape index (κ2) is 8.72. The number of methoxy groups -OCH3 is 1. The molecular weight excluding hydrogens is 344 g/mol. The van der Waals surface area contributed by atoms with Crippen molar-refractivity contribution in [1.29, 1.82) is 0 Å². The summed E-state index contributed by atoms with van der Waals surface area (Å²) >= 11 is 0. The summed E-state index contributed by atoms with van der Waals surface area (Å²) in [7, 11) is 1.31. The Morgan fingerprint density at radius 2 is 1.74 bits per heavy atom. The quantitative estimate of drug-likeness (QED) is 0.582. The van der Waals surface area contributed by atoms with Gasteiger partial charge in [-0.3, -0.25) is 9.59 Å². The molecule has 0 radical (unpaired) electrons. The standard InChI is InChI=1S/C21H32N2O4/c1-12(2)11-23(20(25)16-9-7-8-10-16)15(5)19(24)17-13(3)18(21(26)27-6)22-14(17)4/h12,15-16,22H,7-11H2,1-6H3/t15-/m1/s1. The van der Waals surface area contributed by atoms with Crippen molar-refractivity contribution in [3.8, 4) is 0 Å². The van der Waals surface area contributed by atoms with Crippen molar-refractivity contribution in [1.82, 2.24) is 9.88 Å². The Morgan fingerprint density at radius 3 is 2.26 bits per heavy atom. The Hall–Kier alpha value is -2.11. The smallest absolute Gasteiger partial charge is 0.354 e. The van der Waals surface area contributed by atoms with Crippen LogP contribution in [0.5, 0.6) is 0 Å². The zero-order valence-electron chi connectivity index (χ0n) is 17.3. The lowest BCUT2D eigenvalue weighted by molar-refractivity contribution is -0.137. The molecule has 1 aromatic heterocycles. The lowest BCUT2D eigenvalue weighted by Crippen LogP contribution is -2.47. The van der Waals surface area contributed by atoms with Crippen LogP contribution in [-0.4, -0.2) is 47.2 Å². The molecule has 6 nitrogen and oxygen atoms in total. The fourth-order valence-corrected chi connectivity index (χ4v) is 4.02. The molecule has 6 heteroatoms. The van der Waals surface area contributed by atoms with Crippen LogP contribution in [0.15, 0.2) is 0 Å². The van der Waals surface area contributed by atoms with E-state index in [0.717, 1.165) is 25.7 Å². The molecule has 1 saturated carbocycles. The van der Waals surface area contributed by atoms with E-state index in [1.165, 1.54) is 7.11 Å². The summed E-state index contributed by atoms with van der Waals surface area (Å²) in [6.07, 6.45) is 3.96. The van der Waals surface area contributed by atoms with Gasteiger partial charge in [-0.25, -0.2) is 4.79 Å². The van der Waals surface area contributed by atoms with E-state index in [9.17, 15) is 14.4 Å². The summed E-state index contributed by atoms with van der Waals surface area (Å²) in [6.45, 7) is 9.95. The number of ether oxygens (including phenoxy) is 1. The van der Waals surface area contributed by atoms with Crippen LogP contribution in [0.2, 0.25) is 0 Å². The van der Waals surface area contributed by atoms with Crippen LogP contribution in [-0.2, 0) is 9.53 Å². The fourth-order valence-electron chi connectivity index (χ4n) is 4.02. The van der Waals surface area contributed by atoms with Gasteiger partial charge in [0.15, 0.2) is 5.78 Å². The summed E-state index contributed by atoms with van der Waals surface area (Å²) in [4.78, 5) is 43.0. The molecule has 1 aromatic rings. The van der Waals surface area contributed by atoms with Crippen molar-refractivity contribution in [2.75, 3.05) is 13.7 Å². The minimum absolute atomic E-state index is 0.0260. The van der Waals surface area contributed by atoms with Crippen molar-refractivity contribution >= 4 is 17.7 Å². The Balaban J connectivity index is 2.33. The molecule has 2 rings (SSSR count). The summed E-state index contributed by atoms with van der Waals surface area (Å²) in [5.74, 6) is -0.254. The van der Waals surface area contributed by atoms with Gasteiger partial charge in [0, 0.05) is 23.7 Å². The number of carbonyl (C=O) groups is 3. The number of aromatic amines is 1. The lowest BCUT2D eigenvalue weighted by Gasteiger charge is -2.32. The Bertz CT molecular complexity index is 714. The third kappa shape index (κ3) is 4.42. The highest BCUT2D eigenvalue weighted by atomic mass is 16.5. The first kappa shape index (κ1) is 21.2. The van der Waals surface area contributed by atoms with Gasteiger partial charge < -0.3 is 14.6 Å². The molecule has 1 N–H and O–H groups in total. The van der Waals surface area contributed by atoms with Gasteiger partial charge in [0.2, 0.25) is 5.91 Å². The summed E-state index contributed by atoms with van der Waals surface area (Å²) in [6, 6.07) is -0.570. The molecule has 0 unspecified atom stereocenters. The number of esters is 1. The van der Waals surface area contributed by atoms with Crippen molar-refractivity contribution in [3.05, 3.63) is 22.5 Å². The molecule has 0 bridgehead atoms. The molecule has 150 valence electrons. The van der Waals surface area contributed by atoms with E-state index < -0.39 is 12.0 Å². The maximum absolute atomic E-state index is 13.3. The van der Waals surface area contributed by atoms with Crippen molar-refractivity contribution < 1.29 is 19.1 Å². The second-order valence-corrected chi connectivity index (χ2v) is 8.02. The lowest BCUT2D eigenvalue weighted by atomic mass is 9.97. The van der Waals surface area contributed by atoms with E-state index in [1.54, 1.807) is 25.7 Å². The molecule has 1 atom stereocenters. The number of nitrogens with zero attached hydrogens (tertiary/aromatic N) is 1. The predicted molar refractivity (Wildman–Crippen MR) is 104 cm³/mol. The number of rotatable bonds is 7. The number of nitrogens with one attached hydrogen (secondary N) is 1. The molecule has 1 fully saturated rings. The Kier molecular flexibility index (Phi) is 6.84. The monoisotopic (exact) mass is 376 g/mol. The zero-order valence-corrected chi connectivity index (χ0v) is 17.3. The van der Waals surface area contributed by atoms with Gasteiger partial charge >= 0.3 is 5.97 Å². The first-order valence-electron chi connectivity index (χ1n) is 9.81. The summed E-state index contributed by atoms with van der Waals surface area (Å²) < 4.78 is 4.79. The highest BCUT2D eigenvalue weighted by Gasteiger charge is 2.35. The normalized spacial score (nSPS) is 15.8. The maximum Gasteiger partial charge on any atom is 0.354 e. The van der Waals surface area contributed by atoms with Crippen LogP contribution in [0.1, 0.15) is 78.6 Å². The summed E-state index contributed by atoms with van der Waals surface area (Å²) in [5.41, 5.74) is 1.98. The third-order valence-electron chi connectivity index (χ3n) is 5.47. The first-order valence-corrected chi connectivity index (χ1v) is 9.81. The van der Waals surface area contributed by atoms with Gasteiger partial charge in [0.05, 0.1) is 13.2 Å². The topological polar surface area (TPSA) is 79.5 Å². The van der Waals surface area contributed by atoms with E-state index in [2.05, 4.69) is 4.98 Å². The molecule has 0 saturated heterocycles. The highest BCUT2D eigenvalue weighted by Crippen LogP contribution is 2.29. The average molecular weight is 376 g/mol. The van der Waals surface area contributed by atoms with E-state index in [0.29, 0.717) is 29.1 Å². The maximum atomic E-state index is 13.3. The molecule has 1 aliphatic carbocycles. The number of amides is 1. The number of hydrogen-bond donors (Lipinski definition) is 1. The Morgan fingerprint density at radius 1 is 1.15 bits per heavy atom. The van der Waals surface area contributed by atoms with Crippen LogP contribution in [0.25, 0.3) is 0 Å². The van der Waals surface area contributed by atoms with Crippen molar-refractivity contribution in [2.24, 2.45) is 11.8 Å². The summed E-state index contributed by atoms with van der Waals surface area (Å²) in [5, 5.41) is 0. The van der Waals surface area contributed by atoms with Crippen molar-refractivity contribution in [3.63, 3.8) is 0 Å². The highest BCUT2D eigenvalue weighted by molar-refractivity contribution is 6.06. The van der Waals surface area contributed by atoms with Gasteiger partial charge in [-0.15, -0.1) is 0 Å². The van der Waals surface area contributed by atoms with E-state index in [-0.39, 0.29) is 23.5 Å². The third-order valence-corrected chi connectivity index (χ3v) is 5.47. The molecule has 0 aliphatic heterocycles. The Labute approximate surface area is 161 Å². The number of H-pyrrole nitrogens is 1. The fraction of sp³-hybridized carbons (Fsp3) is 0.667. The number of aromatic nitrogens is 1. The van der Waals surface area contributed by atoms with E-state index in [1.807, 2.05) is 13.8 Å². The minimum Gasteiger partial charge on any atom is -0.464 e. The second-order valence-electron chi connectivity index (χ2n) is 8.02. The van der Waals surface area contributed by atoms with Gasteiger partial charge in [0.1, 0.15) is 5.69 Å². The number of Topliss-reactive ketones (excluding diaryl/α,β-unsaturated/α-hetero) is 1. The number of carbonyl (C=O) groups excluding carboxylic acids is 3. The SMILES string of the molecule is COC(=O)c1[nH]c(C)c(C(=O)[C@@H](C)N(CC(C)C)C(=O)C2CCCC2)c1C. The number of aryl methyl sites for hydroxylation is 1. The first-order chi connectivity index (χ1) is 12.7. The van der Waals surface area contributed by atoms with Crippen LogP contribution >= 0.6 is 0 Å². The van der Waals surface area contributed by atoms with E-state index in [4.69, 9.17) is 4.74 Å². The molecule has 1 heterocycles. The van der Waals surface area contributed by atoms with Crippen LogP contribution in [0.3, 0.4) is 0 Å². The van der Waals surface area contributed by atoms with Crippen molar-refractivity contribution in [2.45, 2.75) is 66.3 Å². The van der Waals surface area contributed by atoms with Gasteiger partial charge in [-0.1, -0.05) is 26.7 Å². The molecular formula is C21H32N2O4. The molecule has 0 aromatic carbocycles. The molecule has 0 spiro atoms. The molecule has 27 heavy (non-hydrogen) atoms. The molecule has 1 amide bonds. The van der Waals surface area contributed by atoms with Gasteiger partial charge in [0.25, 0.3) is 0 Å². The average Bonchev–Trinajstić information content (AvgIpc) is 3.25. The molecule has 1 aliphatic rings. The minimum atomic E-state index is -0.570.